The van der Waals surface area contributed by atoms with Crippen LogP contribution in [-0.2, 0) is 19.3 Å². The van der Waals surface area contributed by atoms with Crippen LogP contribution in [-0.4, -0.2) is 9.97 Å². The number of nitrogens with two attached hydrogens (primary N) is 1. The Labute approximate surface area is 131 Å². The standard InChI is InChI=1S/C15H16N4S2/c16-19-14-13-10-5-1-2-6-11(10)21-15(13)18-12(17-14)8-9-4-3-7-20-9/h3-4,7H,1-2,5-6,8,16H2,(H,17,18,19). The number of aryl methyl sites for hydroxylation is 2. The number of thiophene rings is 2. The number of nitrogens with zero attached hydrogens (tertiary/aromatic N) is 2. The normalized spacial score (nSPS) is 14.3. The molecule has 0 spiro atoms. The largest absolute Gasteiger partial charge is 0.308 e. The molecule has 0 unspecified atom stereocenters. The van der Waals surface area contributed by atoms with Crippen molar-refractivity contribution in [3.8, 4) is 0 Å². The second kappa shape index (κ2) is 5.36. The summed E-state index contributed by atoms with van der Waals surface area (Å²) < 4.78 is 0. The molecule has 0 bridgehead atoms. The zero-order valence-corrected chi connectivity index (χ0v) is 13.2. The van der Waals surface area contributed by atoms with E-state index < -0.39 is 0 Å². The number of hydrogen-bond acceptors (Lipinski definition) is 6. The molecule has 0 saturated heterocycles. The van der Waals surface area contributed by atoms with E-state index in [-0.39, 0.29) is 0 Å². The zero-order chi connectivity index (χ0) is 14.2. The van der Waals surface area contributed by atoms with E-state index in [2.05, 4.69) is 27.9 Å². The zero-order valence-electron chi connectivity index (χ0n) is 11.6. The Morgan fingerprint density at radius 2 is 2.14 bits per heavy atom. The molecule has 0 saturated carbocycles. The molecule has 4 rings (SSSR count). The monoisotopic (exact) mass is 316 g/mol. The molecule has 3 N–H and O–H groups in total. The van der Waals surface area contributed by atoms with Gasteiger partial charge >= 0.3 is 0 Å². The number of rotatable bonds is 3. The predicted molar refractivity (Wildman–Crippen MR) is 89.0 cm³/mol. The maximum absolute atomic E-state index is 5.72. The Morgan fingerprint density at radius 3 is 2.95 bits per heavy atom. The number of nitrogen functional groups attached to an aromatic ring is 1. The summed E-state index contributed by atoms with van der Waals surface area (Å²) in [5.41, 5.74) is 4.20. The third kappa shape index (κ3) is 2.33. The maximum atomic E-state index is 5.72. The molecule has 108 valence electrons. The molecular weight excluding hydrogens is 300 g/mol. The Hall–Kier alpha value is -1.50. The molecule has 0 aliphatic heterocycles. The average molecular weight is 316 g/mol. The third-order valence-corrected chi connectivity index (χ3v) is 5.97. The van der Waals surface area contributed by atoms with Crippen molar-refractivity contribution in [2.24, 2.45) is 5.84 Å². The highest BCUT2D eigenvalue weighted by Gasteiger charge is 2.20. The summed E-state index contributed by atoms with van der Waals surface area (Å²) in [5.74, 6) is 7.34. The van der Waals surface area contributed by atoms with E-state index in [0.717, 1.165) is 34.7 Å². The van der Waals surface area contributed by atoms with E-state index in [1.54, 1.807) is 11.3 Å². The van der Waals surface area contributed by atoms with Gasteiger partial charge in [0.15, 0.2) is 5.82 Å². The first-order valence-electron chi connectivity index (χ1n) is 7.15. The summed E-state index contributed by atoms with van der Waals surface area (Å²) in [4.78, 5) is 13.2. The molecule has 0 radical (unpaired) electrons. The smallest absolute Gasteiger partial charge is 0.152 e. The molecule has 21 heavy (non-hydrogen) atoms. The molecule has 1 aliphatic carbocycles. The molecule has 0 amide bonds. The predicted octanol–water partition coefficient (Wildman–Crippen LogP) is 3.51. The lowest BCUT2D eigenvalue weighted by Crippen LogP contribution is -2.12. The highest BCUT2D eigenvalue weighted by atomic mass is 32.1. The van der Waals surface area contributed by atoms with Gasteiger partial charge < -0.3 is 5.43 Å². The topological polar surface area (TPSA) is 63.8 Å². The molecule has 3 aromatic heterocycles. The van der Waals surface area contributed by atoms with Crippen molar-refractivity contribution in [1.82, 2.24) is 9.97 Å². The highest BCUT2D eigenvalue weighted by Crippen LogP contribution is 2.38. The summed E-state index contributed by atoms with van der Waals surface area (Å²) in [6, 6.07) is 4.18. The highest BCUT2D eigenvalue weighted by molar-refractivity contribution is 7.19. The summed E-state index contributed by atoms with van der Waals surface area (Å²) in [7, 11) is 0. The Morgan fingerprint density at radius 1 is 1.24 bits per heavy atom. The summed E-state index contributed by atoms with van der Waals surface area (Å²) in [6.07, 6.45) is 5.59. The molecular formula is C15H16N4S2. The van der Waals surface area contributed by atoms with Crippen molar-refractivity contribution in [3.63, 3.8) is 0 Å². The average Bonchev–Trinajstić information content (AvgIpc) is 3.13. The van der Waals surface area contributed by atoms with E-state index in [1.165, 1.54) is 34.6 Å². The van der Waals surface area contributed by atoms with Gasteiger partial charge in [0.1, 0.15) is 10.7 Å². The van der Waals surface area contributed by atoms with Crippen molar-refractivity contribution in [2.45, 2.75) is 32.1 Å². The molecule has 3 aromatic rings. The minimum Gasteiger partial charge on any atom is -0.308 e. The van der Waals surface area contributed by atoms with Crippen molar-refractivity contribution < 1.29 is 0 Å². The molecule has 0 fully saturated rings. The number of nitrogens with one attached hydrogen (secondary N) is 1. The Bertz CT molecular complexity index is 777. The summed E-state index contributed by atoms with van der Waals surface area (Å²) >= 11 is 3.55. The first-order chi connectivity index (χ1) is 10.3. The molecule has 3 heterocycles. The molecule has 0 aromatic carbocycles. The van der Waals surface area contributed by atoms with Crippen LogP contribution in [0.3, 0.4) is 0 Å². The lowest BCUT2D eigenvalue weighted by molar-refractivity contribution is 0.700. The number of aromatic nitrogens is 2. The number of hydrazine groups is 1. The van der Waals surface area contributed by atoms with Crippen molar-refractivity contribution in [3.05, 3.63) is 38.7 Å². The fourth-order valence-corrected chi connectivity index (χ4v) is 4.94. The lowest BCUT2D eigenvalue weighted by Gasteiger charge is -2.11. The van der Waals surface area contributed by atoms with E-state index >= 15 is 0 Å². The van der Waals surface area contributed by atoms with Crippen molar-refractivity contribution in [1.29, 1.82) is 0 Å². The first kappa shape index (κ1) is 13.2. The van der Waals surface area contributed by atoms with Gasteiger partial charge in [-0.3, -0.25) is 0 Å². The van der Waals surface area contributed by atoms with Gasteiger partial charge in [0.25, 0.3) is 0 Å². The van der Waals surface area contributed by atoms with Gasteiger partial charge in [-0.25, -0.2) is 15.8 Å². The fourth-order valence-electron chi connectivity index (χ4n) is 2.95. The molecule has 1 aliphatic rings. The van der Waals surface area contributed by atoms with E-state index in [1.807, 2.05) is 11.3 Å². The van der Waals surface area contributed by atoms with Gasteiger partial charge in [0.05, 0.1) is 5.39 Å². The Balaban J connectivity index is 1.84. The number of anilines is 1. The number of hydrogen-bond donors (Lipinski definition) is 2. The van der Waals surface area contributed by atoms with Crippen LogP contribution < -0.4 is 11.3 Å². The van der Waals surface area contributed by atoms with Gasteiger partial charge in [0.2, 0.25) is 0 Å². The van der Waals surface area contributed by atoms with Gasteiger partial charge in [-0.2, -0.15) is 0 Å². The first-order valence-corrected chi connectivity index (χ1v) is 8.85. The van der Waals surface area contributed by atoms with Gasteiger partial charge in [-0.15, -0.1) is 22.7 Å². The van der Waals surface area contributed by atoms with E-state index in [9.17, 15) is 0 Å². The van der Waals surface area contributed by atoms with E-state index in [0.29, 0.717) is 0 Å². The lowest BCUT2D eigenvalue weighted by atomic mass is 9.97. The molecule has 0 atom stereocenters. The van der Waals surface area contributed by atoms with Crippen molar-refractivity contribution >= 4 is 38.7 Å². The minimum absolute atomic E-state index is 0.769. The van der Waals surface area contributed by atoms with Gasteiger partial charge in [-0.1, -0.05) is 6.07 Å². The quantitative estimate of drug-likeness (QED) is 0.573. The molecule has 4 nitrogen and oxygen atoms in total. The van der Waals surface area contributed by atoms with Crippen LogP contribution in [0.1, 0.15) is 34.0 Å². The van der Waals surface area contributed by atoms with Gasteiger partial charge in [0, 0.05) is 16.2 Å². The second-order valence-corrected chi connectivity index (χ2v) is 7.40. The van der Waals surface area contributed by atoms with E-state index in [4.69, 9.17) is 10.8 Å². The van der Waals surface area contributed by atoms with Crippen LogP contribution in [0, 0.1) is 0 Å². The minimum atomic E-state index is 0.769. The van der Waals surface area contributed by atoms with Crippen LogP contribution in [0.2, 0.25) is 0 Å². The fraction of sp³-hybridized carbons (Fsp3) is 0.333. The van der Waals surface area contributed by atoms with Crippen LogP contribution >= 0.6 is 22.7 Å². The van der Waals surface area contributed by atoms with Crippen LogP contribution in [0.25, 0.3) is 10.2 Å². The summed E-state index contributed by atoms with van der Waals surface area (Å²) in [5, 5.41) is 3.23. The number of fused-ring (bicyclic) bond motifs is 3. The molecule has 6 heteroatoms. The Kier molecular flexibility index (Phi) is 3.37. The maximum Gasteiger partial charge on any atom is 0.152 e. The van der Waals surface area contributed by atoms with Gasteiger partial charge in [-0.05, 0) is 42.7 Å². The summed E-state index contributed by atoms with van der Waals surface area (Å²) in [6.45, 7) is 0. The van der Waals surface area contributed by atoms with Crippen LogP contribution in [0.15, 0.2) is 17.5 Å². The SMILES string of the molecule is NNc1nc(Cc2cccs2)nc2sc3c(c12)CCCC3. The second-order valence-electron chi connectivity index (χ2n) is 5.28. The van der Waals surface area contributed by atoms with Crippen LogP contribution in [0.4, 0.5) is 5.82 Å². The van der Waals surface area contributed by atoms with Crippen molar-refractivity contribution in [2.75, 3.05) is 5.43 Å². The van der Waals surface area contributed by atoms with Crippen LogP contribution in [0.5, 0.6) is 0 Å². The third-order valence-electron chi connectivity index (χ3n) is 3.91.